The van der Waals surface area contributed by atoms with E-state index in [1.54, 1.807) is 0 Å². The Morgan fingerprint density at radius 3 is 2.65 bits per heavy atom. The molecule has 0 aromatic carbocycles. The smallest absolute Gasteiger partial charge is 0.224 e. The normalized spacial score (nSPS) is 16.9. The lowest BCUT2D eigenvalue weighted by Crippen LogP contribution is -2.22. The Kier molecular flexibility index (Phi) is 6.05. The van der Waals surface area contributed by atoms with Crippen LogP contribution in [-0.4, -0.2) is 48.1 Å². The van der Waals surface area contributed by atoms with E-state index < -0.39 is 0 Å². The first-order valence-electron chi connectivity index (χ1n) is 7.72. The van der Waals surface area contributed by atoms with Gasteiger partial charge in [0.05, 0.1) is 0 Å². The zero-order valence-electron chi connectivity index (χ0n) is 12.7. The van der Waals surface area contributed by atoms with Crippen molar-refractivity contribution in [3.05, 3.63) is 12.3 Å². The van der Waals surface area contributed by atoms with Gasteiger partial charge in [0, 0.05) is 25.3 Å². The number of nitrogens with zero attached hydrogens (tertiary/aromatic N) is 3. The van der Waals surface area contributed by atoms with E-state index in [1.807, 2.05) is 12.3 Å². The lowest BCUT2D eigenvalue weighted by Gasteiger charge is -2.16. The summed E-state index contributed by atoms with van der Waals surface area (Å²) in [6.45, 7) is 1.89. The first-order chi connectivity index (χ1) is 9.74. The highest BCUT2D eigenvalue weighted by Gasteiger charge is 2.13. The monoisotopic (exact) mass is 277 g/mol. The highest BCUT2D eigenvalue weighted by atomic mass is 15.2. The Labute approximate surface area is 122 Å². The summed E-state index contributed by atoms with van der Waals surface area (Å²) in [7, 11) is 4.14. The maximum Gasteiger partial charge on any atom is 0.224 e. The molecule has 1 fully saturated rings. The van der Waals surface area contributed by atoms with E-state index in [2.05, 4.69) is 39.6 Å². The summed E-state index contributed by atoms with van der Waals surface area (Å²) in [5.41, 5.74) is 0. The molecule has 2 N–H and O–H groups in total. The van der Waals surface area contributed by atoms with E-state index >= 15 is 0 Å². The Hall–Kier alpha value is -1.36. The van der Waals surface area contributed by atoms with Gasteiger partial charge in [-0.1, -0.05) is 25.7 Å². The highest BCUT2D eigenvalue weighted by molar-refractivity contribution is 5.39. The fraction of sp³-hybridized carbons (Fsp3) is 0.733. The number of hydrogen-bond acceptors (Lipinski definition) is 5. The van der Waals surface area contributed by atoms with E-state index in [1.165, 1.54) is 38.5 Å². The molecule has 1 aromatic rings. The Morgan fingerprint density at radius 1 is 1.20 bits per heavy atom. The van der Waals surface area contributed by atoms with Crippen LogP contribution in [0.15, 0.2) is 12.3 Å². The van der Waals surface area contributed by atoms with Crippen molar-refractivity contribution in [2.24, 2.45) is 0 Å². The number of aromatic nitrogens is 2. The topological polar surface area (TPSA) is 53.1 Å². The molecule has 0 amide bonds. The zero-order valence-corrected chi connectivity index (χ0v) is 12.7. The molecule has 0 saturated heterocycles. The van der Waals surface area contributed by atoms with Gasteiger partial charge in [-0.25, -0.2) is 4.98 Å². The number of hydrogen-bond donors (Lipinski definition) is 2. The highest BCUT2D eigenvalue weighted by Crippen LogP contribution is 2.20. The van der Waals surface area contributed by atoms with Gasteiger partial charge >= 0.3 is 0 Å². The molecule has 1 aliphatic rings. The van der Waals surface area contributed by atoms with Crippen LogP contribution < -0.4 is 10.6 Å². The average molecular weight is 277 g/mol. The van der Waals surface area contributed by atoms with E-state index in [0.717, 1.165) is 24.9 Å². The third-order valence-corrected chi connectivity index (χ3v) is 3.71. The summed E-state index contributed by atoms with van der Waals surface area (Å²) in [6.07, 6.45) is 9.67. The summed E-state index contributed by atoms with van der Waals surface area (Å²) < 4.78 is 0. The van der Waals surface area contributed by atoms with Crippen LogP contribution in [0.3, 0.4) is 0 Å². The van der Waals surface area contributed by atoms with Crippen LogP contribution in [0.1, 0.15) is 38.5 Å². The maximum atomic E-state index is 4.54. The second-order valence-corrected chi connectivity index (χ2v) is 5.83. The first kappa shape index (κ1) is 15.0. The minimum Gasteiger partial charge on any atom is -0.369 e. The Balaban J connectivity index is 1.84. The Bertz CT molecular complexity index is 386. The Morgan fingerprint density at radius 2 is 1.95 bits per heavy atom. The van der Waals surface area contributed by atoms with E-state index in [9.17, 15) is 0 Å². The largest absolute Gasteiger partial charge is 0.369 e. The van der Waals surface area contributed by atoms with Gasteiger partial charge < -0.3 is 15.5 Å². The minimum absolute atomic E-state index is 0.537. The molecule has 112 valence electrons. The SMILES string of the molecule is CN(C)CCNc1ccnc(NC2CCCCCC2)n1. The summed E-state index contributed by atoms with van der Waals surface area (Å²) in [4.78, 5) is 11.0. The molecule has 0 aliphatic heterocycles. The van der Waals surface area contributed by atoms with Gasteiger partial charge in [0.15, 0.2) is 0 Å². The van der Waals surface area contributed by atoms with Crippen LogP contribution in [0.2, 0.25) is 0 Å². The maximum absolute atomic E-state index is 4.54. The van der Waals surface area contributed by atoms with Gasteiger partial charge in [-0.2, -0.15) is 4.98 Å². The standard InChI is InChI=1S/C15H27N5/c1-20(2)12-11-16-14-9-10-17-15(19-14)18-13-7-5-3-4-6-8-13/h9-10,13H,3-8,11-12H2,1-2H3,(H2,16,17,18,19). The third-order valence-electron chi connectivity index (χ3n) is 3.71. The fourth-order valence-corrected chi connectivity index (χ4v) is 2.54. The first-order valence-corrected chi connectivity index (χ1v) is 7.72. The summed E-state index contributed by atoms with van der Waals surface area (Å²) >= 11 is 0. The molecule has 5 nitrogen and oxygen atoms in total. The number of nitrogens with one attached hydrogen (secondary N) is 2. The lowest BCUT2D eigenvalue weighted by atomic mass is 10.1. The fourth-order valence-electron chi connectivity index (χ4n) is 2.54. The molecule has 1 saturated carbocycles. The van der Waals surface area contributed by atoms with Crippen molar-refractivity contribution >= 4 is 11.8 Å². The van der Waals surface area contributed by atoms with Gasteiger partial charge in [0.25, 0.3) is 0 Å². The van der Waals surface area contributed by atoms with E-state index in [0.29, 0.717) is 6.04 Å². The number of anilines is 2. The molecule has 0 radical (unpaired) electrons. The summed E-state index contributed by atoms with van der Waals surface area (Å²) in [5, 5.41) is 6.82. The molecule has 2 rings (SSSR count). The zero-order chi connectivity index (χ0) is 14.2. The molecule has 0 atom stereocenters. The predicted molar refractivity (Wildman–Crippen MR) is 84.2 cm³/mol. The summed E-state index contributed by atoms with van der Waals surface area (Å²) in [5.74, 6) is 1.66. The van der Waals surface area contributed by atoms with E-state index in [-0.39, 0.29) is 0 Å². The number of rotatable bonds is 6. The van der Waals surface area contributed by atoms with Crippen molar-refractivity contribution in [2.75, 3.05) is 37.8 Å². The third kappa shape index (κ3) is 5.33. The van der Waals surface area contributed by atoms with Crippen molar-refractivity contribution in [3.63, 3.8) is 0 Å². The van der Waals surface area contributed by atoms with E-state index in [4.69, 9.17) is 0 Å². The molecule has 1 aromatic heterocycles. The molecule has 5 heteroatoms. The van der Waals surface area contributed by atoms with Gasteiger partial charge in [0.2, 0.25) is 5.95 Å². The lowest BCUT2D eigenvalue weighted by molar-refractivity contribution is 0.425. The molecule has 0 unspecified atom stereocenters. The van der Waals surface area contributed by atoms with Crippen molar-refractivity contribution in [1.82, 2.24) is 14.9 Å². The second-order valence-electron chi connectivity index (χ2n) is 5.83. The van der Waals surface area contributed by atoms with Gasteiger partial charge in [-0.15, -0.1) is 0 Å². The van der Waals surface area contributed by atoms with Crippen molar-refractivity contribution in [1.29, 1.82) is 0 Å². The molecule has 1 aliphatic carbocycles. The molecule has 1 heterocycles. The van der Waals surface area contributed by atoms with Crippen LogP contribution in [0.25, 0.3) is 0 Å². The van der Waals surface area contributed by atoms with Crippen LogP contribution in [-0.2, 0) is 0 Å². The molecular formula is C15H27N5. The molecule has 0 bridgehead atoms. The van der Waals surface area contributed by atoms with Gasteiger partial charge in [-0.05, 0) is 33.0 Å². The van der Waals surface area contributed by atoms with Gasteiger partial charge in [-0.3, -0.25) is 0 Å². The van der Waals surface area contributed by atoms with Crippen molar-refractivity contribution in [2.45, 2.75) is 44.6 Å². The van der Waals surface area contributed by atoms with Gasteiger partial charge in [0.1, 0.15) is 5.82 Å². The molecule has 0 spiro atoms. The van der Waals surface area contributed by atoms with Crippen LogP contribution in [0, 0.1) is 0 Å². The molecule has 20 heavy (non-hydrogen) atoms. The van der Waals surface area contributed by atoms with Crippen molar-refractivity contribution < 1.29 is 0 Å². The average Bonchev–Trinajstić information content (AvgIpc) is 2.67. The summed E-state index contributed by atoms with van der Waals surface area (Å²) in [6, 6.07) is 2.46. The van der Waals surface area contributed by atoms with Crippen LogP contribution >= 0.6 is 0 Å². The molecular weight excluding hydrogens is 250 g/mol. The minimum atomic E-state index is 0.537. The quantitative estimate of drug-likeness (QED) is 0.783. The van der Waals surface area contributed by atoms with Crippen LogP contribution in [0.5, 0.6) is 0 Å². The predicted octanol–water partition coefficient (Wildman–Crippen LogP) is 2.58. The number of likely N-dealkylation sites (N-methyl/N-ethyl adjacent to an activating group) is 1. The van der Waals surface area contributed by atoms with Crippen LogP contribution in [0.4, 0.5) is 11.8 Å². The second kappa shape index (κ2) is 8.04. The van der Waals surface area contributed by atoms with Crippen molar-refractivity contribution in [3.8, 4) is 0 Å².